The van der Waals surface area contributed by atoms with Crippen LogP contribution in [0.15, 0.2) is 89.7 Å². The Balaban J connectivity index is 1.50. The highest BCUT2D eigenvalue weighted by Gasteiger charge is 2.14. The van der Waals surface area contributed by atoms with Crippen LogP contribution in [-0.4, -0.2) is 15.0 Å². The molecule has 4 aromatic rings. The fraction of sp³-hybridized carbons (Fsp3) is 0.167. The summed E-state index contributed by atoms with van der Waals surface area (Å²) in [6.07, 6.45) is 0.200. The van der Waals surface area contributed by atoms with Crippen molar-refractivity contribution in [3.63, 3.8) is 0 Å². The van der Waals surface area contributed by atoms with Gasteiger partial charge < -0.3 is 0 Å². The average molecular weight is 400 g/mol. The number of hydrogen-bond donors (Lipinski definition) is 1. The van der Waals surface area contributed by atoms with Crippen LogP contribution in [0.4, 0.5) is 5.69 Å². The highest BCUT2D eigenvalue weighted by Crippen LogP contribution is 2.15. The van der Waals surface area contributed by atoms with Gasteiger partial charge in [0.2, 0.25) is 5.91 Å². The molecule has 1 N–H and O–H groups in total. The Morgan fingerprint density at radius 3 is 2.17 bits per heavy atom. The van der Waals surface area contributed by atoms with Gasteiger partial charge in [-0.1, -0.05) is 60.7 Å². The lowest BCUT2D eigenvalue weighted by Crippen LogP contribution is -2.42. The first-order chi connectivity index (χ1) is 14.6. The summed E-state index contributed by atoms with van der Waals surface area (Å²) in [4.78, 5) is 25.3. The second kappa shape index (κ2) is 8.69. The van der Waals surface area contributed by atoms with Crippen molar-refractivity contribution in [3.05, 3.63) is 101 Å². The number of anilines is 1. The third-order valence-electron chi connectivity index (χ3n) is 5.13. The van der Waals surface area contributed by atoms with Gasteiger partial charge in [0, 0.05) is 20.0 Å². The van der Waals surface area contributed by atoms with Gasteiger partial charge in [-0.15, -0.1) is 0 Å². The molecule has 0 spiro atoms. The van der Waals surface area contributed by atoms with E-state index < -0.39 is 0 Å². The number of benzene rings is 3. The largest absolute Gasteiger partial charge is 0.328 e. The molecule has 0 aliphatic rings. The number of fused-ring (bicyclic) bond motifs is 1. The minimum absolute atomic E-state index is 0.117. The molecule has 6 heteroatoms. The molecule has 0 bridgehead atoms. The second-order valence-electron chi connectivity index (χ2n) is 7.17. The van der Waals surface area contributed by atoms with Crippen LogP contribution < -0.4 is 16.1 Å². The maximum Gasteiger partial charge on any atom is 0.328 e. The standard InChI is InChI=1S/C24H24N4O2/c1-26-21-14-8-9-15-22(21)27(24(26)30)17-16-23(29)25-28(20-12-6-3-7-13-20)18-19-10-4-2-5-11-19/h2-15H,16-18H2,1H3,(H,25,29). The number of hydrazine groups is 1. The highest BCUT2D eigenvalue weighted by molar-refractivity contribution is 5.79. The van der Waals surface area contributed by atoms with Crippen molar-refractivity contribution >= 4 is 22.6 Å². The molecule has 152 valence electrons. The van der Waals surface area contributed by atoms with Crippen molar-refractivity contribution in [1.29, 1.82) is 0 Å². The molecular formula is C24H24N4O2. The normalized spacial score (nSPS) is 10.8. The minimum Gasteiger partial charge on any atom is -0.295 e. The fourth-order valence-electron chi connectivity index (χ4n) is 3.57. The quantitative estimate of drug-likeness (QED) is 0.483. The van der Waals surface area contributed by atoms with Gasteiger partial charge in [-0.25, -0.2) is 4.79 Å². The topological polar surface area (TPSA) is 59.3 Å². The van der Waals surface area contributed by atoms with Crippen LogP contribution in [0.25, 0.3) is 11.0 Å². The summed E-state index contributed by atoms with van der Waals surface area (Å²) in [5.74, 6) is -0.144. The lowest BCUT2D eigenvalue weighted by molar-refractivity contribution is -0.121. The minimum atomic E-state index is -0.144. The van der Waals surface area contributed by atoms with Gasteiger partial charge in [0.1, 0.15) is 0 Å². The Labute approximate surface area is 175 Å². The summed E-state index contributed by atoms with van der Waals surface area (Å²) >= 11 is 0. The first kappa shape index (κ1) is 19.5. The van der Waals surface area contributed by atoms with E-state index in [4.69, 9.17) is 0 Å². The predicted molar refractivity (Wildman–Crippen MR) is 119 cm³/mol. The molecule has 30 heavy (non-hydrogen) atoms. The Bertz CT molecular complexity index is 1200. The first-order valence-electron chi connectivity index (χ1n) is 9.94. The number of hydrogen-bond acceptors (Lipinski definition) is 3. The molecule has 1 amide bonds. The van der Waals surface area contributed by atoms with Crippen molar-refractivity contribution in [2.45, 2.75) is 19.5 Å². The SMILES string of the molecule is Cn1c(=O)n(CCC(=O)NN(Cc2ccccc2)c2ccccc2)c2ccccc21. The maximum atomic E-state index is 12.8. The van der Waals surface area contributed by atoms with E-state index in [0.29, 0.717) is 13.1 Å². The zero-order chi connectivity index (χ0) is 20.9. The number of amides is 1. The number of aryl methyl sites for hydroxylation is 2. The van der Waals surface area contributed by atoms with Crippen LogP contribution in [0.1, 0.15) is 12.0 Å². The lowest BCUT2D eigenvalue weighted by atomic mass is 10.2. The molecule has 3 aromatic carbocycles. The number of nitrogens with zero attached hydrogens (tertiary/aromatic N) is 3. The fourth-order valence-corrected chi connectivity index (χ4v) is 3.57. The average Bonchev–Trinajstić information content (AvgIpc) is 3.03. The molecule has 0 fully saturated rings. The molecule has 0 atom stereocenters. The zero-order valence-corrected chi connectivity index (χ0v) is 16.9. The van der Waals surface area contributed by atoms with E-state index in [-0.39, 0.29) is 18.0 Å². The number of para-hydroxylation sites is 3. The molecule has 0 unspecified atom stereocenters. The van der Waals surface area contributed by atoms with Gasteiger partial charge in [-0.3, -0.25) is 24.4 Å². The molecule has 0 aliphatic carbocycles. The van der Waals surface area contributed by atoms with Crippen LogP contribution >= 0.6 is 0 Å². The smallest absolute Gasteiger partial charge is 0.295 e. The summed E-state index contributed by atoms with van der Waals surface area (Å²) in [6, 6.07) is 27.3. The van der Waals surface area contributed by atoms with E-state index in [1.165, 1.54) is 0 Å². The van der Waals surface area contributed by atoms with Crippen molar-refractivity contribution in [3.8, 4) is 0 Å². The van der Waals surface area contributed by atoms with E-state index in [0.717, 1.165) is 22.3 Å². The van der Waals surface area contributed by atoms with E-state index in [1.807, 2.05) is 89.9 Å². The third-order valence-corrected chi connectivity index (χ3v) is 5.13. The first-order valence-corrected chi connectivity index (χ1v) is 9.94. The van der Waals surface area contributed by atoms with Crippen molar-refractivity contribution in [2.75, 3.05) is 5.01 Å². The monoisotopic (exact) mass is 400 g/mol. The van der Waals surface area contributed by atoms with Gasteiger partial charge >= 0.3 is 5.69 Å². The molecule has 0 aliphatic heterocycles. The molecular weight excluding hydrogens is 376 g/mol. The molecule has 6 nitrogen and oxygen atoms in total. The number of carbonyl (C=O) groups excluding carboxylic acids is 1. The van der Waals surface area contributed by atoms with Gasteiger partial charge in [0.15, 0.2) is 0 Å². The molecule has 1 heterocycles. The Morgan fingerprint density at radius 1 is 0.867 bits per heavy atom. The summed E-state index contributed by atoms with van der Waals surface area (Å²) < 4.78 is 3.26. The highest BCUT2D eigenvalue weighted by atomic mass is 16.2. The van der Waals surface area contributed by atoms with E-state index in [1.54, 1.807) is 16.2 Å². The summed E-state index contributed by atoms with van der Waals surface area (Å²) in [7, 11) is 1.75. The van der Waals surface area contributed by atoms with Crippen LogP contribution in [0.2, 0.25) is 0 Å². The van der Waals surface area contributed by atoms with Crippen molar-refractivity contribution < 1.29 is 4.79 Å². The van der Waals surface area contributed by atoms with Gasteiger partial charge in [-0.2, -0.15) is 0 Å². The Kier molecular flexibility index (Phi) is 5.66. The summed E-state index contributed by atoms with van der Waals surface area (Å²) in [6.45, 7) is 0.866. The molecule has 0 radical (unpaired) electrons. The molecule has 0 saturated heterocycles. The van der Waals surface area contributed by atoms with E-state index in [2.05, 4.69) is 5.43 Å². The molecule has 0 saturated carbocycles. The third kappa shape index (κ3) is 4.12. The van der Waals surface area contributed by atoms with Crippen LogP contribution in [0.5, 0.6) is 0 Å². The Morgan fingerprint density at radius 2 is 1.47 bits per heavy atom. The number of carbonyl (C=O) groups is 1. The predicted octanol–water partition coefficient (Wildman–Crippen LogP) is 3.47. The number of nitrogens with one attached hydrogen (secondary N) is 1. The van der Waals surface area contributed by atoms with Crippen LogP contribution in [0.3, 0.4) is 0 Å². The van der Waals surface area contributed by atoms with Gasteiger partial charge in [-0.05, 0) is 29.8 Å². The second-order valence-corrected chi connectivity index (χ2v) is 7.17. The van der Waals surface area contributed by atoms with Gasteiger partial charge in [0.05, 0.1) is 23.3 Å². The Hall–Kier alpha value is -3.80. The number of rotatable bonds is 7. The maximum absolute atomic E-state index is 12.8. The van der Waals surface area contributed by atoms with Crippen LogP contribution in [0, 0.1) is 0 Å². The van der Waals surface area contributed by atoms with Crippen molar-refractivity contribution in [1.82, 2.24) is 14.6 Å². The zero-order valence-electron chi connectivity index (χ0n) is 16.9. The number of imidazole rings is 1. The number of aromatic nitrogens is 2. The van der Waals surface area contributed by atoms with Crippen LogP contribution in [-0.2, 0) is 24.9 Å². The van der Waals surface area contributed by atoms with Gasteiger partial charge in [0.25, 0.3) is 0 Å². The lowest BCUT2D eigenvalue weighted by Gasteiger charge is -2.25. The van der Waals surface area contributed by atoms with E-state index in [9.17, 15) is 9.59 Å². The molecule has 4 rings (SSSR count). The summed E-state index contributed by atoms with van der Waals surface area (Å²) in [5, 5.41) is 1.84. The van der Waals surface area contributed by atoms with E-state index >= 15 is 0 Å². The molecule has 1 aromatic heterocycles. The van der Waals surface area contributed by atoms with Crippen molar-refractivity contribution in [2.24, 2.45) is 7.05 Å². The summed E-state index contributed by atoms with van der Waals surface area (Å²) in [5.41, 5.74) is 6.57.